The van der Waals surface area contributed by atoms with Crippen molar-refractivity contribution in [2.45, 2.75) is 33.6 Å². The van der Waals surface area contributed by atoms with E-state index in [-0.39, 0.29) is 0 Å². The zero-order valence-electron chi connectivity index (χ0n) is 13.1. The lowest BCUT2D eigenvalue weighted by Gasteiger charge is -2.12. The van der Waals surface area contributed by atoms with Gasteiger partial charge in [0.1, 0.15) is 5.75 Å². The molecule has 0 heterocycles. The van der Waals surface area contributed by atoms with Gasteiger partial charge in [-0.25, -0.2) is 0 Å². The lowest BCUT2D eigenvalue weighted by Crippen LogP contribution is -2.38. The van der Waals surface area contributed by atoms with Gasteiger partial charge in [-0.2, -0.15) is 0 Å². The van der Waals surface area contributed by atoms with Crippen molar-refractivity contribution in [3.05, 3.63) is 29.3 Å². The fourth-order valence-corrected chi connectivity index (χ4v) is 1.91. The van der Waals surface area contributed by atoms with Crippen molar-refractivity contribution in [3.63, 3.8) is 0 Å². The molecule has 0 aliphatic heterocycles. The highest BCUT2D eigenvalue weighted by Crippen LogP contribution is 2.18. The lowest BCUT2D eigenvalue weighted by atomic mass is 10.1. The molecule has 1 rings (SSSR count). The predicted molar refractivity (Wildman–Crippen MR) is 85.7 cm³/mol. The molecule has 0 radical (unpaired) electrons. The Balaban J connectivity index is 2.49. The minimum Gasteiger partial charge on any atom is -0.496 e. The van der Waals surface area contributed by atoms with Crippen molar-refractivity contribution in [1.82, 2.24) is 10.6 Å². The molecule has 0 saturated heterocycles. The van der Waals surface area contributed by atoms with Gasteiger partial charge < -0.3 is 15.4 Å². The standard InChI is InChI=1S/C16H27N3O/c1-5-10-18-16(17-6-2)19-11-9-14-8-7-13(3)15(12-14)20-4/h7-8,12H,5-6,9-11H2,1-4H3,(H2,17,18,19). The van der Waals surface area contributed by atoms with Crippen LogP contribution in [0.15, 0.2) is 23.2 Å². The number of methoxy groups -OCH3 is 1. The number of ether oxygens (including phenoxy) is 1. The molecule has 1 aromatic carbocycles. The van der Waals surface area contributed by atoms with E-state index >= 15 is 0 Å². The minimum atomic E-state index is 0.855. The topological polar surface area (TPSA) is 45.7 Å². The summed E-state index contributed by atoms with van der Waals surface area (Å²) in [5.74, 6) is 1.85. The fraction of sp³-hybridized carbons (Fsp3) is 0.562. The van der Waals surface area contributed by atoms with Gasteiger partial charge in [0.05, 0.1) is 7.11 Å². The number of guanidine groups is 1. The molecule has 20 heavy (non-hydrogen) atoms. The van der Waals surface area contributed by atoms with Crippen LogP contribution in [0, 0.1) is 6.92 Å². The van der Waals surface area contributed by atoms with Gasteiger partial charge in [0.2, 0.25) is 0 Å². The zero-order valence-corrected chi connectivity index (χ0v) is 13.1. The van der Waals surface area contributed by atoms with E-state index in [4.69, 9.17) is 4.74 Å². The monoisotopic (exact) mass is 277 g/mol. The summed E-state index contributed by atoms with van der Waals surface area (Å²) in [5.41, 5.74) is 2.44. The van der Waals surface area contributed by atoms with Gasteiger partial charge in [0.25, 0.3) is 0 Å². The summed E-state index contributed by atoms with van der Waals surface area (Å²) in [4.78, 5) is 4.48. The maximum Gasteiger partial charge on any atom is 0.191 e. The molecule has 4 heteroatoms. The number of benzene rings is 1. The molecule has 0 unspecified atom stereocenters. The van der Waals surface area contributed by atoms with Crippen LogP contribution in [0.5, 0.6) is 5.75 Å². The molecular weight excluding hydrogens is 250 g/mol. The van der Waals surface area contributed by atoms with Crippen molar-refractivity contribution < 1.29 is 4.74 Å². The Bertz CT molecular complexity index is 430. The average Bonchev–Trinajstić information content (AvgIpc) is 2.46. The van der Waals surface area contributed by atoms with Gasteiger partial charge in [-0.15, -0.1) is 0 Å². The van der Waals surface area contributed by atoms with Gasteiger partial charge in [-0.05, 0) is 43.9 Å². The third kappa shape index (κ3) is 5.51. The van der Waals surface area contributed by atoms with Gasteiger partial charge in [0, 0.05) is 19.6 Å². The molecule has 0 aliphatic rings. The van der Waals surface area contributed by atoms with Crippen LogP contribution in [-0.4, -0.2) is 32.7 Å². The second kappa shape index (κ2) is 9.23. The molecule has 0 atom stereocenters. The van der Waals surface area contributed by atoms with Crippen LogP contribution in [0.25, 0.3) is 0 Å². The molecule has 112 valence electrons. The van der Waals surface area contributed by atoms with Crippen LogP contribution in [0.2, 0.25) is 0 Å². The third-order valence-electron chi connectivity index (χ3n) is 3.02. The van der Waals surface area contributed by atoms with Crippen molar-refractivity contribution in [2.24, 2.45) is 4.99 Å². The quantitative estimate of drug-likeness (QED) is 0.594. The molecule has 0 saturated carbocycles. The fourth-order valence-electron chi connectivity index (χ4n) is 1.91. The first-order valence-corrected chi connectivity index (χ1v) is 7.37. The van der Waals surface area contributed by atoms with E-state index in [0.717, 1.165) is 44.2 Å². The molecule has 1 aromatic rings. The molecule has 2 N–H and O–H groups in total. The maximum atomic E-state index is 5.35. The Morgan fingerprint density at radius 3 is 2.70 bits per heavy atom. The van der Waals surface area contributed by atoms with Crippen LogP contribution in [0.1, 0.15) is 31.4 Å². The number of nitrogens with zero attached hydrogens (tertiary/aromatic N) is 1. The molecule has 0 aromatic heterocycles. The van der Waals surface area contributed by atoms with E-state index < -0.39 is 0 Å². The molecule has 0 spiro atoms. The van der Waals surface area contributed by atoms with E-state index in [0.29, 0.717) is 0 Å². The second-order valence-corrected chi connectivity index (χ2v) is 4.74. The van der Waals surface area contributed by atoms with E-state index in [1.54, 1.807) is 7.11 Å². The second-order valence-electron chi connectivity index (χ2n) is 4.74. The summed E-state index contributed by atoms with van der Waals surface area (Å²) in [6.45, 7) is 8.87. The first-order valence-electron chi connectivity index (χ1n) is 7.37. The van der Waals surface area contributed by atoms with Gasteiger partial charge in [-0.1, -0.05) is 19.1 Å². The maximum absolute atomic E-state index is 5.35. The SMILES string of the molecule is CCCN=C(NCC)NCCc1ccc(C)c(OC)c1. The van der Waals surface area contributed by atoms with Gasteiger partial charge in [0.15, 0.2) is 5.96 Å². The smallest absolute Gasteiger partial charge is 0.191 e. The Labute approximate surface area is 122 Å². The van der Waals surface area contributed by atoms with E-state index in [1.165, 1.54) is 11.1 Å². The van der Waals surface area contributed by atoms with Crippen molar-refractivity contribution in [2.75, 3.05) is 26.7 Å². The highest BCUT2D eigenvalue weighted by Gasteiger charge is 2.01. The van der Waals surface area contributed by atoms with Crippen LogP contribution >= 0.6 is 0 Å². The Morgan fingerprint density at radius 2 is 2.05 bits per heavy atom. The summed E-state index contributed by atoms with van der Waals surface area (Å²) in [6.07, 6.45) is 2.01. The number of hydrogen-bond donors (Lipinski definition) is 2. The normalized spacial score (nSPS) is 11.3. The number of rotatable bonds is 7. The van der Waals surface area contributed by atoms with Crippen LogP contribution in [0.3, 0.4) is 0 Å². The molecule has 0 aliphatic carbocycles. The molecular formula is C16H27N3O. The summed E-state index contributed by atoms with van der Waals surface area (Å²) in [6, 6.07) is 6.35. The number of hydrogen-bond acceptors (Lipinski definition) is 2. The molecule has 0 amide bonds. The summed E-state index contributed by atoms with van der Waals surface area (Å²) in [7, 11) is 1.71. The number of nitrogens with one attached hydrogen (secondary N) is 2. The van der Waals surface area contributed by atoms with Gasteiger partial charge in [-0.3, -0.25) is 4.99 Å². The van der Waals surface area contributed by atoms with Crippen molar-refractivity contribution in [3.8, 4) is 5.75 Å². The van der Waals surface area contributed by atoms with Crippen LogP contribution < -0.4 is 15.4 Å². The van der Waals surface area contributed by atoms with Crippen molar-refractivity contribution >= 4 is 5.96 Å². The minimum absolute atomic E-state index is 0.855. The molecule has 4 nitrogen and oxygen atoms in total. The average molecular weight is 277 g/mol. The van der Waals surface area contributed by atoms with E-state index in [9.17, 15) is 0 Å². The van der Waals surface area contributed by atoms with E-state index in [1.807, 2.05) is 0 Å². The molecule has 0 bridgehead atoms. The summed E-state index contributed by atoms with van der Waals surface area (Å²) >= 11 is 0. The summed E-state index contributed by atoms with van der Waals surface area (Å²) in [5, 5.41) is 6.60. The Hall–Kier alpha value is -1.71. The zero-order chi connectivity index (χ0) is 14.8. The largest absolute Gasteiger partial charge is 0.496 e. The first-order chi connectivity index (χ1) is 9.71. The first kappa shape index (κ1) is 16.3. The summed E-state index contributed by atoms with van der Waals surface area (Å²) < 4.78 is 5.35. The Kier molecular flexibility index (Phi) is 7.55. The third-order valence-corrected chi connectivity index (χ3v) is 3.02. The van der Waals surface area contributed by atoms with Crippen LogP contribution in [-0.2, 0) is 6.42 Å². The van der Waals surface area contributed by atoms with Crippen LogP contribution in [0.4, 0.5) is 0 Å². The highest BCUT2D eigenvalue weighted by molar-refractivity contribution is 5.79. The van der Waals surface area contributed by atoms with Crippen molar-refractivity contribution in [1.29, 1.82) is 0 Å². The molecule has 0 fully saturated rings. The number of aliphatic imine (C=N–C) groups is 1. The van der Waals surface area contributed by atoms with E-state index in [2.05, 4.69) is 54.6 Å². The predicted octanol–water partition coefficient (Wildman–Crippen LogP) is 2.51. The van der Waals surface area contributed by atoms with Gasteiger partial charge >= 0.3 is 0 Å². The Morgan fingerprint density at radius 1 is 1.25 bits per heavy atom. The highest BCUT2D eigenvalue weighted by atomic mass is 16.5. The lowest BCUT2D eigenvalue weighted by molar-refractivity contribution is 0.411. The number of aryl methyl sites for hydroxylation is 1.